The lowest BCUT2D eigenvalue weighted by molar-refractivity contribution is -0.137. The lowest BCUT2D eigenvalue weighted by Crippen LogP contribution is -2.50. The standard InChI is InChI=1S/C25H23Cl2F4N5O/c26-18-8-3-14(4-9-18)21(32)12-22(33)35-24(34-13-16-5-10-19(28)11-20(16)27)36-23(37)15-1-6-17(7-2-15)25(29,30)31/h1-11,21-22H,12-13,32-33H2,(H2,34,35,36,37). The Morgan fingerprint density at radius 1 is 0.973 bits per heavy atom. The van der Waals surface area contributed by atoms with Crippen molar-refractivity contribution in [3.05, 3.63) is 105 Å². The normalized spacial score (nSPS) is 13.7. The van der Waals surface area contributed by atoms with E-state index in [1.165, 1.54) is 12.1 Å². The second-order valence-electron chi connectivity index (χ2n) is 8.07. The smallest absolute Gasteiger partial charge is 0.341 e. The van der Waals surface area contributed by atoms with Crippen LogP contribution in [0.15, 0.2) is 71.7 Å². The summed E-state index contributed by atoms with van der Waals surface area (Å²) in [4.78, 5) is 17.0. The van der Waals surface area contributed by atoms with Crippen molar-refractivity contribution in [1.29, 1.82) is 0 Å². The van der Waals surface area contributed by atoms with Gasteiger partial charge in [-0.2, -0.15) is 13.2 Å². The Hall–Kier alpha value is -3.18. The van der Waals surface area contributed by atoms with Gasteiger partial charge in [-0.15, -0.1) is 0 Å². The van der Waals surface area contributed by atoms with Crippen LogP contribution in [0, 0.1) is 5.82 Å². The molecule has 0 aromatic heterocycles. The fraction of sp³-hybridized carbons (Fsp3) is 0.200. The first-order valence-electron chi connectivity index (χ1n) is 10.9. The summed E-state index contributed by atoms with van der Waals surface area (Å²) in [6.07, 6.45) is -5.08. The summed E-state index contributed by atoms with van der Waals surface area (Å²) in [5, 5.41) is 6.05. The van der Waals surface area contributed by atoms with Crippen LogP contribution in [0.4, 0.5) is 17.6 Å². The molecular weight excluding hydrogens is 533 g/mol. The first-order chi connectivity index (χ1) is 17.4. The summed E-state index contributed by atoms with van der Waals surface area (Å²) in [5.41, 5.74) is 12.8. The third kappa shape index (κ3) is 8.43. The van der Waals surface area contributed by atoms with Crippen LogP contribution in [-0.4, -0.2) is 18.0 Å². The van der Waals surface area contributed by atoms with Crippen LogP contribution in [0.2, 0.25) is 10.0 Å². The van der Waals surface area contributed by atoms with E-state index in [1.54, 1.807) is 24.3 Å². The van der Waals surface area contributed by atoms with Crippen LogP contribution >= 0.6 is 23.2 Å². The molecule has 3 aromatic carbocycles. The number of rotatable bonds is 7. The zero-order chi connectivity index (χ0) is 27.2. The number of alkyl halides is 3. The summed E-state index contributed by atoms with van der Waals surface area (Å²) < 4.78 is 51.9. The highest BCUT2D eigenvalue weighted by molar-refractivity contribution is 6.31. The minimum Gasteiger partial charge on any atom is -0.341 e. The Labute approximate surface area is 220 Å². The van der Waals surface area contributed by atoms with Crippen LogP contribution in [0.5, 0.6) is 0 Å². The molecule has 0 aliphatic carbocycles. The van der Waals surface area contributed by atoms with E-state index in [4.69, 9.17) is 34.7 Å². The molecule has 0 bridgehead atoms. The molecule has 3 aromatic rings. The predicted molar refractivity (Wildman–Crippen MR) is 136 cm³/mol. The van der Waals surface area contributed by atoms with E-state index in [-0.39, 0.29) is 29.5 Å². The predicted octanol–water partition coefficient (Wildman–Crippen LogP) is 5.40. The van der Waals surface area contributed by atoms with Gasteiger partial charge in [-0.1, -0.05) is 41.4 Å². The van der Waals surface area contributed by atoms with Gasteiger partial charge in [0.05, 0.1) is 18.3 Å². The number of nitrogens with two attached hydrogens (primary N) is 2. The average Bonchev–Trinajstić information content (AvgIpc) is 2.83. The third-order valence-electron chi connectivity index (χ3n) is 5.26. The van der Waals surface area contributed by atoms with Crippen molar-refractivity contribution < 1.29 is 22.4 Å². The minimum absolute atomic E-state index is 0.0336. The quantitative estimate of drug-likeness (QED) is 0.135. The number of benzene rings is 3. The lowest BCUT2D eigenvalue weighted by Gasteiger charge is -2.21. The van der Waals surface area contributed by atoms with E-state index >= 15 is 0 Å². The summed E-state index contributed by atoms with van der Waals surface area (Å²) >= 11 is 12.0. The van der Waals surface area contributed by atoms with E-state index in [1.807, 2.05) is 0 Å². The van der Waals surface area contributed by atoms with Crippen molar-refractivity contribution in [3.8, 4) is 0 Å². The molecule has 0 heterocycles. The zero-order valence-corrected chi connectivity index (χ0v) is 20.7. The fourth-order valence-electron chi connectivity index (χ4n) is 3.28. The van der Waals surface area contributed by atoms with Gasteiger partial charge in [-0.25, -0.2) is 9.38 Å². The summed E-state index contributed by atoms with van der Waals surface area (Å²) in [6, 6.07) is 13.9. The fourth-order valence-corrected chi connectivity index (χ4v) is 3.63. The number of carbonyl (C=O) groups excluding carboxylic acids is 1. The van der Waals surface area contributed by atoms with Crippen LogP contribution in [-0.2, 0) is 12.7 Å². The van der Waals surface area contributed by atoms with Crippen molar-refractivity contribution in [2.75, 3.05) is 0 Å². The monoisotopic (exact) mass is 555 g/mol. The van der Waals surface area contributed by atoms with Gasteiger partial charge < -0.3 is 16.8 Å². The molecule has 0 saturated carbocycles. The Kier molecular flexibility index (Phi) is 9.50. The van der Waals surface area contributed by atoms with Gasteiger partial charge in [0, 0.05) is 21.7 Å². The number of nitrogens with one attached hydrogen (secondary N) is 2. The summed E-state index contributed by atoms with van der Waals surface area (Å²) in [6.45, 7) is -0.0509. The van der Waals surface area contributed by atoms with E-state index in [9.17, 15) is 22.4 Å². The second kappa shape index (κ2) is 12.4. The van der Waals surface area contributed by atoms with Crippen molar-refractivity contribution in [1.82, 2.24) is 10.6 Å². The molecule has 0 radical (unpaired) electrons. The number of aliphatic imine (C=N–C) groups is 1. The van der Waals surface area contributed by atoms with Crippen molar-refractivity contribution in [3.63, 3.8) is 0 Å². The van der Waals surface area contributed by atoms with Gasteiger partial charge in [0.2, 0.25) is 0 Å². The van der Waals surface area contributed by atoms with Crippen LogP contribution in [0.1, 0.15) is 39.5 Å². The minimum atomic E-state index is -4.53. The number of halogens is 6. The molecule has 0 saturated heterocycles. The molecule has 0 aliphatic rings. The van der Waals surface area contributed by atoms with Crippen molar-refractivity contribution in [2.45, 2.75) is 31.3 Å². The average molecular weight is 556 g/mol. The molecule has 37 heavy (non-hydrogen) atoms. The van der Waals surface area contributed by atoms with Crippen molar-refractivity contribution in [2.24, 2.45) is 16.5 Å². The van der Waals surface area contributed by atoms with E-state index in [2.05, 4.69) is 15.6 Å². The van der Waals surface area contributed by atoms with Gasteiger partial charge in [0.1, 0.15) is 5.82 Å². The molecule has 2 unspecified atom stereocenters. The number of nitrogens with zero attached hydrogens (tertiary/aromatic N) is 1. The number of hydrogen-bond acceptors (Lipinski definition) is 4. The number of carbonyl (C=O) groups is 1. The lowest BCUT2D eigenvalue weighted by atomic mass is 10.0. The Balaban J connectivity index is 1.76. The van der Waals surface area contributed by atoms with E-state index in [0.717, 1.165) is 35.9 Å². The number of hydrogen-bond donors (Lipinski definition) is 4. The molecule has 0 spiro atoms. The third-order valence-corrected chi connectivity index (χ3v) is 5.86. The first kappa shape index (κ1) is 28.4. The highest BCUT2D eigenvalue weighted by Gasteiger charge is 2.30. The second-order valence-corrected chi connectivity index (χ2v) is 8.92. The maximum Gasteiger partial charge on any atom is 0.416 e. The Morgan fingerprint density at radius 2 is 1.62 bits per heavy atom. The van der Waals surface area contributed by atoms with Gasteiger partial charge in [-0.3, -0.25) is 10.1 Å². The molecule has 12 heteroatoms. The Bertz CT molecular complexity index is 1250. The van der Waals surface area contributed by atoms with Gasteiger partial charge in [0.25, 0.3) is 5.91 Å². The zero-order valence-electron chi connectivity index (χ0n) is 19.2. The molecule has 0 aliphatic heterocycles. The highest BCUT2D eigenvalue weighted by Crippen LogP contribution is 2.29. The van der Waals surface area contributed by atoms with Crippen LogP contribution in [0.3, 0.4) is 0 Å². The SMILES string of the molecule is NC(CC(N)c1ccc(Cl)cc1)NC(=NCc1ccc(F)cc1Cl)NC(=O)c1ccc(C(F)(F)F)cc1. The van der Waals surface area contributed by atoms with E-state index < -0.39 is 35.7 Å². The molecule has 196 valence electrons. The highest BCUT2D eigenvalue weighted by atomic mass is 35.5. The molecular formula is C25H23Cl2F4N5O. The maximum atomic E-state index is 13.4. The molecule has 0 fully saturated rings. The first-order valence-corrected chi connectivity index (χ1v) is 11.7. The van der Waals surface area contributed by atoms with E-state index in [0.29, 0.717) is 10.6 Å². The van der Waals surface area contributed by atoms with Gasteiger partial charge >= 0.3 is 6.18 Å². The Morgan fingerprint density at radius 3 is 2.22 bits per heavy atom. The molecule has 3 rings (SSSR count). The van der Waals surface area contributed by atoms with Crippen LogP contribution < -0.4 is 22.1 Å². The largest absolute Gasteiger partial charge is 0.416 e. The molecule has 6 N–H and O–H groups in total. The topological polar surface area (TPSA) is 106 Å². The molecule has 2 atom stereocenters. The maximum absolute atomic E-state index is 13.4. The van der Waals surface area contributed by atoms with Crippen LogP contribution in [0.25, 0.3) is 0 Å². The molecule has 6 nitrogen and oxygen atoms in total. The summed E-state index contributed by atoms with van der Waals surface area (Å²) in [5.74, 6) is -1.31. The van der Waals surface area contributed by atoms with Gasteiger partial charge in [0.15, 0.2) is 5.96 Å². The number of amides is 1. The van der Waals surface area contributed by atoms with Gasteiger partial charge in [-0.05, 0) is 66.1 Å². The molecule has 1 amide bonds. The van der Waals surface area contributed by atoms with Crippen molar-refractivity contribution >= 4 is 35.1 Å². The summed E-state index contributed by atoms with van der Waals surface area (Å²) in [7, 11) is 0. The number of guanidine groups is 1.